The first-order chi connectivity index (χ1) is 15.4. The van der Waals surface area contributed by atoms with E-state index < -0.39 is 0 Å². The average Bonchev–Trinajstić information content (AvgIpc) is 3.13. The van der Waals surface area contributed by atoms with Crippen molar-refractivity contribution < 1.29 is 0 Å². The van der Waals surface area contributed by atoms with E-state index in [0.29, 0.717) is 6.54 Å². The van der Waals surface area contributed by atoms with Crippen LogP contribution in [0.3, 0.4) is 0 Å². The Balaban J connectivity index is 1.94. The third-order valence-corrected chi connectivity index (χ3v) is 7.17. The molecule has 0 aliphatic rings. The van der Waals surface area contributed by atoms with E-state index in [1.54, 1.807) is 11.3 Å². The molecule has 0 saturated carbocycles. The molecule has 0 radical (unpaired) electrons. The van der Waals surface area contributed by atoms with Gasteiger partial charge in [0, 0.05) is 29.1 Å². The third kappa shape index (κ3) is 4.27. The first-order valence-electron chi connectivity index (χ1n) is 11.3. The van der Waals surface area contributed by atoms with Gasteiger partial charge < -0.3 is 4.90 Å². The maximum atomic E-state index is 14.0. The van der Waals surface area contributed by atoms with Gasteiger partial charge in [0.25, 0.3) is 5.56 Å². The molecular weight excluding hydrogens is 414 g/mol. The van der Waals surface area contributed by atoms with Crippen LogP contribution >= 0.6 is 11.3 Å². The Morgan fingerprint density at radius 2 is 1.44 bits per heavy atom. The van der Waals surface area contributed by atoms with E-state index in [1.165, 1.54) is 11.1 Å². The first-order valence-corrected chi connectivity index (χ1v) is 12.1. The number of aromatic nitrogens is 2. The van der Waals surface area contributed by atoms with Gasteiger partial charge in [-0.1, -0.05) is 73.5 Å². The van der Waals surface area contributed by atoms with Crippen molar-refractivity contribution in [1.82, 2.24) is 14.5 Å². The molecule has 0 N–H and O–H groups in total. The lowest BCUT2D eigenvalue weighted by Crippen LogP contribution is -2.32. The highest BCUT2D eigenvalue weighted by molar-refractivity contribution is 7.19. The zero-order valence-corrected chi connectivity index (χ0v) is 20.4. The highest BCUT2D eigenvalue weighted by Gasteiger charge is 2.20. The summed E-state index contributed by atoms with van der Waals surface area (Å²) in [7, 11) is 0. The fraction of sp³-hybridized carbons (Fsp3) is 0.333. The summed E-state index contributed by atoms with van der Waals surface area (Å²) in [6, 6.07) is 16.7. The van der Waals surface area contributed by atoms with E-state index in [2.05, 4.69) is 88.0 Å². The van der Waals surface area contributed by atoms with Crippen LogP contribution in [0, 0.1) is 20.8 Å². The van der Waals surface area contributed by atoms with Crippen molar-refractivity contribution in [2.75, 3.05) is 19.6 Å². The van der Waals surface area contributed by atoms with Crippen molar-refractivity contribution in [3.63, 3.8) is 0 Å². The highest BCUT2D eigenvalue weighted by Crippen LogP contribution is 2.36. The van der Waals surface area contributed by atoms with Gasteiger partial charge >= 0.3 is 0 Å². The largest absolute Gasteiger partial charge is 0.302 e. The monoisotopic (exact) mass is 445 g/mol. The quantitative estimate of drug-likeness (QED) is 0.347. The van der Waals surface area contributed by atoms with Crippen molar-refractivity contribution in [2.45, 2.75) is 41.2 Å². The Morgan fingerprint density at radius 3 is 2.00 bits per heavy atom. The Kier molecular flexibility index (Phi) is 6.58. The van der Waals surface area contributed by atoms with Crippen LogP contribution in [0.1, 0.15) is 29.9 Å². The number of hydrogen-bond donors (Lipinski definition) is 0. The minimum Gasteiger partial charge on any atom is -0.302 e. The van der Waals surface area contributed by atoms with Crippen LogP contribution in [0.4, 0.5) is 0 Å². The molecule has 2 aromatic carbocycles. The topological polar surface area (TPSA) is 38.1 Å². The predicted octanol–water partition coefficient (Wildman–Crippen LogP) is 6.06. The molecule has 2 aromatic heterocycles. The Morgan fingerprint density at radius 1 is 0.875 bits per heavy atom. The van der Waals surface area contributed by atoms with Crippen LogP contribution in [0.15, 0.2) is 53.3 Å². The number of thiophene rings is 1. The van der Waals surface area contributed by atoms with Gasteiger partial charge in [-0.3, -0.25) is 9.36 Å². The van der Waals surface area contributed by atoms with Crippen LogP contribution in [0.5, 0.6) is 0 Å². The molecule has 166 valence electrons. The average molecular weight is 446 g/mol. The molecule has 0 amide bonds. The molecule has 0 fully saturated rings. The second-order valence-electron chi connectivity index (χ2n) is 8.36. The molecule has 0 aliphatic carbocycles. The summed E-state index contributed by atoms with van der Waals surface area (Å²) in [6.07, 6.45) is 0. The molecule has 5 heteroatoms. The second-order valence-corrected chi connectivity index (χ2v) is 9.57. The summed E-state index contributed by atoms with van der Waals surface area (Å²) in [5.41, 5.74) is 5.55. The predicted molar refractivity (Wildman–Crippen MR) is 137 cm³/mol. The van der Waals surface area contributed by atoms with Crippen LogP contribution < -0.4 is 5.56 Å². The summed E-state index contributed by atoms with van der Waals surface area (Å²) in [5.74, 6) is 0.756. The zero-order chi connectivity index (χ0) is 22.8. The summed E-state index contributed by atoms with van der Waals surface area (Å²) in [4.78, 5) is 23.3. The fourth-order valence-corrected chi connectivity index (χ4v) is 5.21. The summed E-state index contributed by atoms with van der Waals surface area (Å²) < 4.78 is 1.88. The van der Waals surface area contributed by atoms with Gasteiger partial charge in [-0.2, -0.15) is 0 Å². The van der Waals surface area contributed by atoms with Gasteiger partial charge in [0.05, 0.1) is 5.39 Å². The summed E-state index contributed by atoms with van der Waals surface area (Å²) in [5, 5.41) is 0.742. The van der Waals surface area contributed by atoms with Crippen molar-refractivity contribution in [3.8, 4) is 22.5 Å². The van der Waals surface area contributed by atoms with E-state index in [0.717, 1.165) is 57.2 Å². The number of likely N-dealkylation sites (N-methyl/N-ethyl adjacent to an activating group) is 1. The number of aryl methyl sites for hydroxylation is 3. The lowest BCUT2D eigenvalue weighted by atomic mass is 10.0. The molecule has 0 atom stereocenters. The van der Waals surface area contributed by atoms with Crippen molar-refractivity contribution in [3.05, 3.63) is 74.9 Å². The number of hydrogen-bond acceptors (Lipinski definition) is 4. The van der Waals surface area contributed by atoms with E-state index >= 15 is 0 Å². The van der Waals surface area contributed by atoms with E-state index in [1.807, 2.05) is 4.57 Å². The van der Waals surface area contributed by atoms with Gasteiger partial charge in [-0.05, 0) is 39.4 Å². The summed E-state index contributed by atoms with van der Waals surface area (Å²) in [6.45, 7) is 13.9. The maximum absolute atomic E-state index is 14.0. The lowest BCUT2D eigenvalue weighted by molar-refractivity contribution is 0.289. The molecule has 0 bridgehead atoms. The first kappa shape index (κ1) is 22.4. The molecule has 0 unspecified atom stereocenters. The smallest absolute Gasteiger partial charge is 0.263 e. The number of nitrogens with zero attached hydrogens (tertiary/aromatic N) is 3. The van der Waals surface area contributed by atoms with Gasteiger partial charge in [0.2, 0.25) is 0 Å². The van der Waals surface area contributed by atoms with Crippen molar-refractivity contribution >= 4 is 21.6 Å². The van der Waals surface area contributed by atoms with Crippen LogP contribution in [0.25, 0.3) is 32.7 Å². The van der Waals surface area contributed by atoms with Gasteiger partial charge in [0.1, 0.15) is 10.7 Å². The molecule has 4 rings (SSSR count). The third-order valence-electron chi connectivity index (χ3n) is 6.17. The van der Waals surface area contributed by atoms with Gasteiger partial charge in [-0.15, -0.1) is 11.3 Å². The van der Waals surface area contributed by atoms with Crippen LogP contribution in [-0.4, -0.2) is 34.1 Å². The normalized spacial score (nSPS) is 11.6. The van der Waals surface area contributed by atoms with Crippen LogP contribution in [0.2, 0.25) is 0 Å². The molecule has 0 saturated heterocycles. The SMILES string of the molecule is CCN(CC)CCn1c(-c2ccc(C)cc2)nc2sc(C)c(-c3ccc(C)cc3)c2c1=O. The molecule has 2 heterocycles. The van der Waals surface area contributed by atoms with Crippen molar-refractivity contribution in [1.29, 1.82) is 0 Å². The van der Waals surface area contributed by atoms with Gasteiger partial charge in [0.15, 0.2) is 0 Å². The molecule has 0 aliphatic heterocycles. The Bertz CT molecular complexity index is 1280. The lowest BCUT2D eigenvalue weighted by Gasteiger charge is -2.20. The van der Waals surface area contributed by atoms with Crippen LogP contribution in [-0.2, 0) is 6.54 Å². The Hall–Kier alpha value is -2.76. The molecule has 4 aromatic rings. The van der Waals surface area contributed by atoms with Crippen molar-refractivity contribution in [2.24, 2.45) is 0 Å². The standard InChI is InChI=1S/C27H31N3OS/c1-6-29(7-2)16-17-30-25(22-14-10-19(4)11-15-22)28-26-24(27(30)31)23(20(5)32-26)21-12-8-18(3)9-13-21/h8-15H,6-7,16-17H2,1-5H3. The second kappa shape index (κ2) is 9.39. The number of fused-ring (bicyclic) bond motifs is 1. The van der Waals surface area contributed by atoms with Gasteiger partial charge in [-0.25, -0.2) is 4.98 Å². The maximum Gasteiger partial charge on any atom is 0.263 e. The van der Waals surface area contributed by atoms with E-state index in [4.69, 9.17) is 4.98 Å². The zero-order valence-electron chi connectivity index (χ0n) is 19.6. The molecule has 0 spiro atoms. The fourth-order valence-electron chi connectivity index (χ4n) is 4.17. The van der Waals surface area contributed by atoms with E-state index in [-0.39, 0.29) is 5.56 Å². The molecule has 4 nitrogen and oxygen atoms in total. The minimum absolute atomic E-state index is 0.0534. The molecular formula is C27H31N3OS. The summed E-state index contributed by atoms with van der Waals surface area (Å²) >= 11 is 1.61. The highest BCUT2D eigenvalue weighted by atomic mass is 32.1. The molecule has 32 heavy (non-hydrogen) atoms. The Labute approximate surface area is 194 Å². The van der Waals surface area contributed by atoms with E-state index in [9.17, 15) is 4.79 Å². The minimum atomic E-state index is 0.0534. The number of benzene rings is 2. The number of rotatable bonds is 7.